The fourth-order valence-corrected chi connectivity index (χ4v) is 1.87. The smallest absolute Gasteiger partial charge is 0.471 e. The van der Waals surface area contributed by atoms with Crippen LogP contribution in [0.5, 0.6) is 5.75 Å². The molecular weight excluding hydrogens is 291 g/mol. The molecule has 7 heteroatoms. The van der Waals surface area contributed by atoms with Crippen molar-refractivity contribution in [2.75, 3.05) is 24.3 Å². The van der Waals surface area contributed by atoms with Gasteiger partial charge in [-0.15, -0.1) is 0 Å². The third-order valence-electron chi connectivity index (χ3n) is 2.66. The number of carbonyl (C=O) groups is 1. The number of carbonyl (C=O) groups excluding carboxylic acids is 1. The molecule has 0 fully saturated rings. The van der Waals surface area contributed by atoms with Crippen LogP contribution in [0.1, 0.15) is 12.8 Å². The summed E-state index contributed by atoms with van der Waals surface area (Å²) in [7, 11) is 1.46. The second-order valence-electron chi connectivity index (χ2n) is 4.08. The van der Waals surface area contributed by atoms with E-state index in [4.69, 9.17) is 4.74 Å². The van der Waals surface area contributed by atoms with Crippen molar-refractivity contribution in [3.8, 4) is 5.75 Å². The summed E-state index contributed by atoms with van der Waals surface area (Å²) >= 11 is 4.00. The molecule has 0 aliphatic heterocycles. The summed E-state index contributed by atoms with van der Waals surface area (Å²) in [6, 6.07) is 5.90. The monoisotopic (exact) mass is 307 g/mol. The van der Waals surface area contributed by atoms with Crippen LogP contribution in [-0.4, -0.2) is 31.5 Å². The Balaban J connectivity index is 2.93. The molecule has 0 bridgehead atoms. The van der Waals surface area contributed by atoms with Crippen molar-refractivity contribution in [1.29, 1.82) is 0 Å². The second kappa shape index (κ2) is 7.42. The number of hydrogen-bond acceptors (Lipinski definition) is 3. The lowest BCUT2D eigenvalue weighted by Gasteiger charge is -2.24. The Kier molecular flexibility index (Phi) is 6.19. The number of benzene rings is 1. The Bertz CT molecular complexity index is 434. The molecule has 0 aliphatic rings. The molecule has 0 spiro atoms. The number of hydrogen-bond donors (Lipinski definition) is 1. The lowest BCUT2D eigenvalue weighted by atomic mass is 10.2. The van der Waals surface area contributed by atoms with Crippen molar-refractivity contribution in [3.05, 3.63) is 24.3 Å². The van der Waals surface area contributed by atoms with Gasteiger partial charge >= 0.3 is 12.1 Å². The van der Waals surface area contributed by atoms with Gasteiger partial charge in [0, 0.05) is 12.2 Å². The number of amides is 1. The van der Waals surface area contributed by atoms with E-state index in [1.54, 1.807) is 0 Å². The number of thiol groups is 1. The van der Waals surface area contributed by atoms with Gasteiger partial charge in [0.25, 0.3) is 0 Å². The van der Waals surface area contributed by atoms with Gasteiger partial charge in [-0.25, -0.2) is 0 Å². The highest BCUT2D eigenvalue weighted by Gasteiger charge is 2.42. The summed E-state index contributed by atoms with van der Waals surface area (Å²) in [5, 5.41) is 0. The topological polar surface area (TPSA) is 29.5 Å². The van der Waals surface area contributed by atoms with Gasteiger partial charge in [-0.1, -0.05) is 0 Å². The fraction of sp³-hybridized carbons (Fsp3) is 0.462. The van der Waals surface area contributed by atoms with Gasteiger partial charge in [0.1, 0.15) is 5.75 Å². The van der Waals surface area contributed by atoms with Crippen molar-refractivity contribution >= 4 is 24.2 Å². The van der Waals surface area contributed by atoms with Gasteiger partial charge in [0.2, 0.25) is 0 Å². The van der Waals surface area contributed by atoms with Crippen LogP contribution in [0.2, 0.25) is 0 Å². The van der Waals surface area contributed by atoms with Crippen molar-refractivity contribution in [3.63, 3.8) is 0 Å². The van der Waals surface area contributed by atoms with E-state index in [0.717, 1.165) is 4.90 Å². The normalized spacial score (nSPS) is 11.2. The van der Waals surface area contributed by atoms with Crippen molar-refractivity contribution < 1.29 is 22.7 Å². The van der Waals surface area contributed by atoms with Gasteiger partial charge in [-0.05, 0) is 42.9 Å². The van der Waals surface area contributed by atoms with E-state index in [1.807, 2.05) is 0 Å². The maximum Gasteiger partial charge on any atom is 0.471 e. The Hall–Kier alpha value is -1.37. The highest BCUT2D eigenvalue weighted by atomic mass is 32.1. The first-order valence-electron chi connectivity index (χ1n) is 6.03. The number of halogens is 3. The highest BCUT2D eigenvalue weighted by molar-refractivity contribution is 7.80. The number of rotatable bonds is 6. The standard InChI is InChI=1S/C13H16F3NO2S/c1-19-11-6-4-10(5-7-11)17(8-2-3-9-20)12(18)13(14,15)16/h4-7,20H,2-3,8-9H2,1H3. The molecule has 0 atom stereocenters. The molecule has 0 unspecified atom stereocenters. The maximum absolute atomic E-state index is 12.6. The second-order valence-corrected chi connectivity index (χ2v) is 4.53. The molecular formula is C13H16F3NO2S. The van der Waals surface area contributed by atoms with Crippen LogP contribution in [0.15, 0.2) is 24.3 Å². The van der Waals surface area contributed by atoms with E-state index in [9.17, 15) is 18.0 Å². The summed E-state index contributed by atoms with van der Waals surface area (Å²) in [4.78, 5) is 12.2. The van der Waals surface area contributed by atoms with E-state index in [-0.39, 0.29) is 12.2 Å². The molecule has 0 saturated heterocycles. The van der Waals surface area contributed by atoms with E-state index < -0.39 is 12.1 Å². The quantitative estimate of drug-likeness (QED) is 0.645. The lowest BCUT2D eigenvalue weighted by molar-refractivity contribution is -0.170. The Morgan fingerprint density at radius 1 is 1.25 bits per heavy atom. The average Bonchev–Trinajstić information content (AvgIpc) is 2.42. The summed E-state index contributed by atoms with van der Waals surface area (Å²) in [5.41, 5.74) is 0.201. The van der Waals surface area contributed by atoms with Crippen LogP contribution in [0.3, 0.4) is 0 Å². The van der Waals surface area contributed by atoms with Crippen LogP contribution >= 0.6 is 12.6 Å². The molecule has 112 valence electrons. The summed E-state index contributed by atoms with van der Waals surface area (Å²) < 4.78 is 42.8. The van der Waals surface area contributed by atoms with Gasteiger partial charge in [-0.2, -0.15) is 25.8 Å². The molecule has 1 amide bonds. The van der Waals surface area contributed by atoms with E-state index in [0.29, 0.717) is 24.3 Å². The lowest BCUT2D eigenvalue weighted by Crippen LogP contribution is -2.41. The largest absolute Gasteiger partial charge is 0.497 e. The fourth-order valence-electron chi connectivity index (χ4n) is 1.64. The minimum atomic E-state index is -4.89. The van der Waals surface area contributed by atoms with Crippen LogP contribution in [0.25, 0.3) is 0 Å². The van der Waals surface area contributed by atoms with E-state index >= 15 is 0 Å². The maximum atomic E-state index is 12.6. The minimum Gasteiger partial charge on any atom is -0.497 e. The Morgan fingerprint density at radius 2 is 1.85 bits per heavy atom. The van der Waals surface area contributed by atoms with Crippen LogP contribution in [-0.2, 0) is 4.79 Å². The number of ether oxygens (including phenoxy) is 1. The van der Waals surface area contributed by atoms with Crippen molar-refractivity contribution in [1.82, 2.24) is 0 Å². The molecule has 0 N–H and O–H groups in total. The predicted molar refractivity (Wildman–Crippen MR) is 74.5 cm³/mol. The van der Waals surface area contributed by atoms with Crippen LogP contribution < -0.4 is 9.64 Å². The first-order valence-corrected chi connectivity index (χ1v) is 6.67. The van der Waals surface area contributed by atoms with E-state index in [1.165, 1.54) is 31.4 Å². The molecule has 1 aromatic rings. The number of nitrogens with zero attached hydrogens (tertiary/aromatic N) is 1. The number of unbranched alkanes of at least 4 members (excludes halogenated alkanes) is 1. The molecule has 0 saturated carbocycles. The predicted octanol–water partition coefficient (Wildman–Crippen LogP) is 3.30. The zero-order chi connectivity index (χ0) is 15.2. The number of anilines is 1. The van der Waals surface area contributed by atoms with Gasteiger partial charge in [-0.3, -0.25) is 4.79 Å². The molecule has 0 aliphatic carbocycles. The first kappa shape index (κ1) is 16.7. The molecule has 20 heavy (non-hydrogen) atoms. The molecule has 0 aromatic heterocycles. The third kappa shape index (κ3) is 4.63. The number of methoxy groups -OCH3 is 1. The van der Waals surface area contributed by atoms with Crippen molar-refractivity contribution in [2.45, 2.75) is 19.0 Å². The molecule has 0 heterocycles. The van der Waals surface area contributed by atoms with Gasteiger partial charge in [0.05, 0.1) is 7.11 Å². The SMILES string of the molecule is COc1ccc(N(CCCCS)C(=O)C(F)(F)F)cc1. The highest BCUT2D eigenvalue weighted by Crippen LogP contribution is 2.25. The molecule has 3 nitrogen and oxygen atoms in total. The average molecular weight is 307 g/mol. The molecule has 1 aromatic carbocycles. The molecule has 1 rings (SSSR count). The summed E-state index contributed by atoms with van der Waals surface area (Å²) in [5.74, 6) is -0.776. The van der Waals surface area contributed by atoms with E-state index in [2.05, 4.69) is 12.6 Å². The van der Waals surface area contributed by atoms with Crippen LogP contribution in [0, 0.1) is 0 Å². The zero-order valence-electron chi connectivity index (χ0n) is 11.0. The number of alkyl halides is 3. The Morgan fingerprint density at radius 3 is 2.30 bits per heavy atom. The molecule has 0 radical (unpaired) electrons. The summed E-state index contributed by atoms with van der Waals surface area (Å²) in [6.45, 7) is 0.00519. The minimum absolute atomic E-state index is 0.00519. The first-order chi connectivity index (χ1) is 9.40. The van der Waals surface area contributed by atoms with Crippen LogP contribution in [0.4, 0.5) is 18.9 Å². The third-order valence-corrected chi connectivity index (χ3v) is 2.98. The Labute approximate surface area is 121 Å². The summed E-state index contributed by atoms with van der Waals surface area (Å²) in [6.07, 6.45) is -3.79. The zero-order valence-corrected chi connectivity index (χ0v) is 11.9. The van der Waals surface area contributed by atoms with Crippen molar-refractivity contribution in [2.24, 2.45) is 0 Å². The van der Waals surface area contributed by atoms with Gasteiger partial charge in [0.15, 0.2) is 0 Å². The van der Waals surface area contributed by atoms with Gasteiger partial charge < -0.3 is 9.64 Å².